The molecule has 2 atom stereocenters. The maximum atomic E-state index is 5.60. The molecule has 0 aromatic rings. The topological polar surface area (TPSA) is 24.5 Å². The molecule has 3 heteroatoms. The molecule has 0 radical (unpaired) electrons. The lowest BCUT2D eigenvalue weighted by atomic mass is 10.1. The zero-order valence-electron chi connectivity index (χ0n) is 10.7. The van der Waals surface area contributed by atoms with E-state index in [1.165, 1.54) is 45.3 Å². The molecular formula is C13H26N2O. The van der Waals surface area contributed by atoms with Gasteiger partial charge in [-0.15, -0.1) is 0 Å². The Labute approximate surface area is 99.5 Å². The summed E-state index contributed by atoms with van der Waals surface area (Å²) in [5, 5.41) is 3.65. The summed E-state index contributed by atoms with van der Waals surface area (Å²) in [6, 6.07) is 1.59. The Kier molecular flexibility index (Phi) is 4.62. The molecule has 0 aromatic carbocycles. The highest BCUT2D eigenvalue weighted by Gasteiger charge is 2.34. The molecule has 3 nitrogen and oxygen atoms in total. The standard InChI is InChI=1S/C13H26N2O/c1-11(2)16-10-4-8-15-9-7-14-12-5-3-6-13(12)15/h11-14H,3-10H2,1-2H3/t12-,13-/m0/s1. The molecule has 0 bridgehead atoms. The first-order valence-corrected chi connectivity index (χ1v) is 6.86. The van der Waals surface area contributed by atoms with E-state index >= 15 is 0 Å². The molecule has 1 saturated heterocycles. The van der Waals surface area contributed by atoms with E-state index in [0.29, 0.717) is 6.10 Å². The van der Waals surface area contributed by atoms with Crippen molar-refractivity contribution in [2.24, 2.45) is 0 Å². The Morgan fingerprint density at radius 3 is 3.06 bits per heavy atom. The van der Waals surface area contributed by atoms with Gasteiger partial charge in [0.1, 0.15) is 0 Å². The van der Waals surface area contributed by atoms with Crippen molar-refractivity contribution in [1.82, 2.24) is 10.2 Å². The Hall–Kier alpha value is -0.120. The van der Waals surface area contributed by atoms with E-state index in [1.54, 1.807) is 0 Å². The molecule has 2 fully saturated rings. The first kappa shape index (κ1) is 12.3. The van der Waals surface area contributed by atoms with E-state index in [-0.39, 0.29) is 0 Å². The van der Waals surface area contributed by atoms with Crippen molar-refractivity contribution in [1.29, 1.82) is 0 Å². The fraction of sp³-hybridized carbons (Fsp3) is 1.00. The molecule has 0 amide bonds. The van der Waals surface area contributed by atoms with Crippen molar-refractivity contribution in [3.8, 4) is 0 Å². The van der Waals surface area contributed by atoms with E-state index < -0.39 is 0 Å². The number of nitrogens with zero attached hydrogens (tertiary/aromatic N) is 1. The predicted octanol–water partition coefficient (Wildman–Crippen LogP) is 1.63. The van der Waals surface area contributed by atoms with Crippen molar-refractivity contribution < 1.29 is 4.74 Å². The van der Waals surface area contributed by atoms with Gasteiger partial charge in [0.15, 0.2) is 0 Å². The van der Waals surface area contributed by atoms with Gasteiger partial charge in [0.05, 0.1) is 6.10 Å². The van der Waals surface area contributed by atoms with Crippen LogP contribution in [0.1, 0.15) is 39.5 Å². The minimum absolute atomic E-state index is 0.377. The minimum atomic E-state index is 0.377. The van der Waals surface area contributed by atoms with Crippen molar-refractivity contribution in [3.63, 3.8) is 0 Å². The average Bonchev–Trinajstić information content (AvgIpc) is 2.72. The molecule has 16 heavy (non-hydrogen) atoms. The van der Waals surface area contributed by atoms with Crippen LogP contribution >= 0.6 is 0 Å². The summed E-state index contributed by atoms with van der Waals surface area (Å²) in [4.78, 5) is 2.68. The van der Waals surface area contributed by atoms with Crippen molar-refractivity contribution in [2.45, 2.75) is 57.7 Å². The van der Waals surface area contributed by atoms with Gasteiger partial charge in [0.2, 0.25) is 0 Å². The van der Waals surface area contributed by atoms with Crippen LogP contribution in [0.4, 0.5) is 0 Å². The fourth-order valence-electron chi connectivity index (χ4n) is 3.04. The van der Waals surface area contributed by atoms with Crippen LogP contribution in [0, 0.1) is 0 Å². The number of ether oxygens (including phenoxy) is 1. The molecule has 0 unspecified atom stereocenters. The number of hydrogen-bond donors (Lipinski definition) is 1. The van der Waals surface area contributed by atoms with Crippen LogP contribution in [-0.4, -0.2) is 49.3 Å². The number of fused-ring (bicyclic) bond motifs is 1. The summed E-state index contributed by atoms with van der Waals surface area (Å²) in [5.74, 6) is 0. The van der Waals surface area contributed by atoms with Crippen molar-refractivity contribution >= 4 is 0 Å². The third kappa shape index (κ3) is 3.19. The molecule has 1 heterocycles. The van der Waals surface area contributed by atoms with Crippen LogP contribution in [0.15, 0.2) is 0 Å². The first-order chi connectivity index (χ1) is 7.77. The quantitative estimate of drug-likeness (QED) is 0.721. The first-order valence-electron chi connectivity index (χ1n) is 6.86. The molecule has 1 aliphatic carbocycles. The van der Waals surface area contributed by atoms with E-state index in [4.69, 9.17) is 4.74 Å². The smallest absolute Gasteiger partial charge is 0.0518 e. The van der Waals surface area contributed by atoms with Gasteiger partial charge in [-0.1, -0.05) is 6.42 Å². The van der Waals surface area contributed by atoms with E-state index in [9.17, 15) is 0 Å². The second-order valence-electron chi connectivity index (χ2n) is 5.37. The average molecular weight is 226 g/mol. The van der Waals surface area contributed by atoms with Crippen molar-refractivity contribution in [3.05, 3.63) is 0 Å². The van der Waals surface area contributed by atoms with Crippen LogP contribution in [0.25, 0.3) is 0 Å². The second kappa shape index (κ2) is 5.99. The zero-order valence-corrected chi connectivity index (χ0v) is 10.7. The van der Waals surface area contributed by atoms with Gasteiger partial charge in [0, 0.05) is 38.3 Å². The van der Waals surface area contributed by atoms with Gasteiger partial charge >= 0.3 is 0 Å². The molecule has 0 spiro atoms. The lowest BCUT2D eigenvalue weighted by Gasteiger charge is -2.38. The van der Waals surface area contributed by atoms with Crippen LogP contribution in [0.5, 0.6) is 0 Å². The molecule has 2 rings (SSSR count). The Morgan fingerprint density at radius 2 is 2.25 bits per heavy atom. The summed E-state index contributed by atoms with van der Waals surface area (Å²) < 4.78 is 5.60. The SMILES string of the molecule is CC(C)OCCCN1CCN[C@H]2CCC[C@@H]21. The molecule has 2 aliphatic rings. The van der Waals surface area contributed by atoms with Crippen LogP contribution < -0.4 is 5.32 Å². The Morgan fingerprint density at radius 1 is 1.38 bits per heavy atom. The third-order valence-corrected chi connectivity index (χ3v) is 3.79. The Balaban J connectivity index is 1.68. The van der Waals surface area contributed by atoms with Gasteiger partial charge in [-0.25, -0.2) is 0 Å². The van der Waals surface area contributed by atoms with E-state index in [2.05, 4.69) is 24.1 Å². The minimum Gasteiger partial charge on any atom is -0.379 e. The van der Waals surface area contributed by atoms with E-state index in [1.807, 2.05) is 0 Å². The second-order valence-corrected chi connectivity index (χ2v) is 5.37. The fourth-order valence-corrected chi connectivity index (χ4v) is 3.04. The lowest BCUT2D eigenvalue weighted by Crippen LogP contribution is -2.55. The highest BCUT2D eigenvalue weighted by molar-refractivity contribution is 4.93. The summed E-state index contributed by atoms with van der Waals surface area (Å²) in [7, 11) is 0. The largest absolute Gasteiger partial charge is 0.379 e. The highest BCUT2D eigenvalue weighted by atomic mass is 16.5. The molecule has 1 aliphatic heterocycles. The third-order valence-electron chi connectivity index (χ3n) is 3.79. The highest BCUT2D eigenvalue weighted by Crippen LogP contribution is 2.26. The van der Waals surface area contributed by atoms with Gasteiger partial charge in [-0.3, -0.25) is 4.90 Å². The number of nitrogens with one attached hydrogen (secondary N) is 1. The summed E-state index contributed by atoms with van der Waals surface area (Å²) in [6.45, 7) is 8.75. The van der Waals surface area contributed by atoms with Gasteiger partial charge in [-0.2, -0.15) is 0 Å². The van der Waals surface area contributed by atoms with E-state index in [0.717, 1.165) is 18.7 Å². The molecule has 1 saturated carbocycles. The normalized spacial score (nSPS) is 30.9. The monoisotopic (exact) mass is 226 g/mol. The van der Waals surface area contributed by atoms with Gasteiger partial charge in [-0.05, 0) is 33.1 Å². The van der Waals surface area contributed by atoms with Crippen LogP contribution in [0.2, 0.25) is 0 Å². The lowest BCUT2D eigenvalue weighted by molar-refractivity contribution is 0.0608. The van der Waals surface area contributed by atoms with Crippen molar-refractivity contribution in [2.75, 3.05) is 26.2 Å². The number of rotatable bonds is 5. The number of piperazine rings is 1. The summed E-state index contributed by atoms with van der Waals surface area (Å²) in [5.41, 5.74) is 0. The summed E-state index contributed by atoms with van der Waals surface area (Å²) in [6.07, 6.45) is 5.73. The maximum absolute atomic E-state index is 5.60. The molecule has 0 aromatic heterocycles. The Bertz CT molecular complexity index is 208. The molecule has 94 valence electrons. The molecule has 1 N–H and O–H groups in total. The molecular weight excluding hydrogens is 200 g/mol. The van der Waals surface area contributed by atoms with Gasteiger partial charge in [0.25, 0.3) is 0 Å². The van der Waals surface area contributed by atoms with Gasteiger partial charge < -0.3 is 10.1 Å². The van der Waals surface area contributed by atoms with Crippen LogP contribution in [-0.2, 0) is 4.74 Å². The zero-order chi connectivity index (χ0) is 11.4. The predicted molar refractivity (Wildman–Crippen MR) is 66.7 cm³/mol. The summed E-state index contributed by atoms with van der Waals surface area (Å²) >= 11 is 0. The maximum Gasteiger partial charge on any atom is 0.0518 e. The van der Waals surface area contributed by atoms with Crippen LogP contribution in [0.3, 0.4) is 0 Å². The number of hydrogen-bond acceptors (Lipinski definition) is 3.